The molecule has 0 aliphatic carbocycles. The van der Waals surface area contributed by atoms with Gasteiger partial charge < -0.3 is 10.6 Å². The van der Waals surface area contributed by atoms with Crippen molar-refractivity contribution in [3.8, 4) is 0 Å². The second-order valence-electron chi connectivity index (χ2n) is 4.54. The van der Waals surface area contributed by atoms with Crippen LogP contribution < -0.4 is 10.6 Å². The summed E-state index contributed by atoms with van der Waals surface area (Å²) in [7, 11) is 1.59. The number of anilines is 2. The van der Waals surface area contributed by atoms with Gasteiger partial charge in [0.25, 0.3) is 5.91 Å². The monoisotopic (exact) mass is 292 g/mol. The molecule has 0 heterocycles. The van der Waals surface area contributed by atoms with Crippen LogP contribution in [0, 0.1) is 12.7 Å². The number of benzene rings is 2. The number of nitrogen functional groups attached to an aromatic ring is 1. The molecule has 0 atom stereocenters. The van der Waals surface area contributed by atoms with Crippen molar-refractivity contribution >= 4 is 28.9 Å². The SMILES string of the molecule is Cc1cc(Cl)c(C(=O)N(C)c2cccc(N)c2)cc1F. The van der Waals surface area contributed by atoms with Gasteiger partial charge in [0.15, 0.2) is 0 Å². The second kappa shape index (κ2) is 5.51. The fourth-order valence-electron chi connectivity index (χ4n) is 1.84. The molecule has 0 radical (unpaired) electrons. The van der Waals surface area contributed by atoms with Crippen LogP contribution in [0.15, 0.2) is 36.4 Å². The summed E-state index contributed by atoms with van der Waals surface area (Å²) >= 11 is 6.02. The number of carbonyl (C=O) groups excluding carboxylic acids is 1. The highest BCUT2D eigenvalue weighted by Gasteiger charge is 2.18. The maximum Gasteiger partial charge on any atom is 0.259 e. The van der Waals surface area contributed by atoms with Gasteiger partial charge in [0.05, 0.1) is 10.6 Å². The largest absolute Gasteiger partial charge is 0.399 e. The topological polar surface area (TPSA) is 46.3 Å². The molecule has 3 nitrogen and oxygen atoms in total. The van der Waals surface area contributed by atoms with E-state index >= 15 is 0 Å². The maximum atomic E-state index is 13.6. The Morgan fingerprint density at radius 1 is 1.30 bits per heavy atom. The summed E-state index contributed by atoms with van der Waals surface area (Å²) in [4.78, 5) is 13.8. The van der Waals surface area contributed by atoms with Gasteiger partial charge in [-0.3, -0.25) is 4.79 Å². The number of nitrogens with two attached hydrogens (primary N) is 1. The molecule has 0 fully saturated rings. The van der Waals surface area contributed by atoms with E-state index < -0.39 is 5.82 Å². The molecule has 0 unspecified atom stereocenters. The van der Waals surface area contributed by atoms with E-state index in [9.17, 15) is 9.18 Å². The van der Waals surface area contributed by atoms with Crippen molar-refractivity contribution in [1.29, 1.82) is 0 Å². The highest BCUT2D eigenvalue weighted by molar-refractivity contribution is 6.34. The third kappa shape index (κ3) is 2.75. The van der Waals surface area contributed by atoms with Crippen LogP contribution in [0.5, 0.6) is 0 Å². The lowest BCUT2D eigenvalue weighted by Crippen LogP contribution is -2.26. The van der Waals surface area contributed by atoms with Gasteiger partial charge >= 0.3 is 0 Å². The summed E-state index contributed by atoms with van der Waals surface area (Å²) in [5.41, 5.74) is 7.37. The van der Waals surface area contributed by atoms with Gasteiger partial charge in [-0.15, -0.1) is 0 Å². The number of amides is 1. The minimum atomic E-state index is -0.460. The number of rotatable bonds is 2. The smallest absolute Gasteiger partial charge is 0.259 e. The number of carbonyl (C=O) groups is 1. The summed E-state index contributed by atoms with van der Waals surface area (Å²) in [6.45, 7) is 1.59. The highest BCUT2D eigenvalue weighted by Crippen LogP contribution is 2.24. The Morgan fingerprint density at radius 2 is 2.00 bits per heavy atom. The van der Waals surface area contributed by atoms with Crippen molar-refractivity contribution in [3.05, 3.63) is 58.4 Å². The highest BCUT2D eigenvalue weighted by atomic mass is 35.5. The molecule has 0 saturated carbocycles. The van der Waals surface area contributed by atoms with Crippen LogP contribution in [0.4, 0.5) is 15.8 Å². The van der Waals surface area contributed by atoms with Crippen molar-refractivity contribution in [2.45, 2.75) is 6.92 Å². The molecule has 0 aliphatic rings. The fourth-order valence-corrected chi connectivity index (χ4v) is 2.14. The molecular weight excluding hydrogens is 279 g/mol. The van der Waals surface area contributed by atoms with Gasteiger partial charge in [-0.05, 0) is 42.8 Å². The first-order valence-electron chi connectivity index (χ1n) is 5.99. The van der Waals surface area contributed by atoms with E-state index in [1.165, 1.54) is 11.0 Å². The van der Waals surface area contributed by atoms with E-state index in [-0.39, 0.29) is 16.5 Å². The Kier molecular flexibility index (Phi) is 3.95. The predicted molar refractivity (Wildman–Crippen MR) is 79.7 cm³/mol. The van der Waals surface area contributed by atoms with Gasteiger partial charge in [-0.1, -0.05) is 17.7 Å². The third-order valence-corrected chi connectivity index (χ3v) is 3.35. The van der Waals surface area contributed by atoms with E-state index in [1.54, 1.807) is 38.2 Å². The molecular formula is C15H14ClFN2O. The molecule has 2 rings (SSSR count). The molecule has 104 valence electrons. The molecule has 2 aromatic carbocycles. The molecule has 20 heavy (non-hydrogen) atoms. The Morgan fingerprint density at radius 3 is 2.65 bits per heavy atom. The van der Waals surface area contributed by atoms with Crippen LogP contribution in [-0.2, 0) is 0 Å². The van der Waals surface area contributed by atoms with Gasteiger partial charge in [0, 0.05) is 18.4 Å². The Balaban J connectivity index is 2.39. The lowest BCUT2D eigenvalue weighted by molar-refractivity contribution is 0.0992. The number of hydrogen-bond acceptors (Lipinski definition) is 2. The quantitative estimate of drug-likeness (QED) is 0.859. The van der Waals surface area contributed by atoms with Crippen molar-refractivity contribution in [3.63, 3.8) is 0 Å². The average molecular weight is 293 g/mol. The van der Waals surface area contributed by atoms with Crippen molar-refractivity contribution < 1.29 is 9.18 Å². The van der Waals surface area contributed by atoms with Gasteiger partial charge in [-0.2, -0.15) is 0 Å². The predicted octanol–water partition coefficient (Wildman–Crippen LogP) is 3.65. The van der Waals surface area contributed by atoms with Crippen LogP contribution in [-0.4, -0.2) is 13.0 Å². The van der Waals surface area contributed by atoms with E-state index in [1.807, 2.05) is 0 Å². The first-order valence-corrected chi connectivity index (χ1v) is 6.37. The summed E-state index contributed by atoms with van der Waals surface area (Å²) in [6.07, 6.45) is 0. The van der Waals surface area contributed by atoms with Gasteiger partial charge in [0.1, 0.15) is 5.82 Å². The van der Waals surface area contributed by atoms with Crippen LogP contribution in [0.2, 0.25) is 5.02 Å². The van der Waals surface area contributed by atoms with E-state index in [4.69, 9.17) is 17.3 Å². The molecule has 0 aliphatic heterocycles. The molecule has 1 amide bonds. The molecule has 0 spiro atoms. The minimum Gasteiger partial charge on any atom is -0.399 e. The molecule has 5 heteroatoms. The maximum absolute atomic E-state index is 13.6. The van der Waals surface area contributed by atoms with E-state index in [0.29, 0.717) is 16.9 Å². The average Bonchev–Trinajstić information content (AvgIpc) is 2.41. The molecule has 0 bridgehead atoms. The molecule has 0 aromatic heterocycles. The van der Waals surface area contributed by atoms with Crippen LogP contribution in [0.25, 0.3) is 0 Å². The minimum absolute atomic E-state index is 0.125. The fraction of sp³-hybridized carbons (Fsp3) is 0.133. The molecule has 0 saturated heterocycles. The Bertz CT molecular complexity index is 673. The van der Waals surface area contributed by atoms with Crippen molar-refractivity contribution in [2.24, 2.45) is 0 Å². The first-order chi connectivity index (χ1) is 9.40. The van der Waals surface area contributed by atoms with E-state index in [0.717, 1.165) is 6.07 Å². The van der Waals surface area contributed by atoms with Crippen LogP contribution in [0.3, 0.4) is 0 Å². The summed E-state index contributed by atoms with van der Waals surface area (Å²) in [5, 5.41) is 0.227. The zero-order chi connectivity index (χ0) is 14.9. The van der Waals surface area contributed by atoms with Gasteiger partial charge in [-0.25, -0.2) is 4.39 Å². The summed E-state index contributed by atoms with van der Waals surface area (Å²) < 4.78 is 13.6. The normalized spacial score (nSPS) is 10.4. The first kappa shape index (κ1) is 14.3. The van der Waals surface area contributed by atoms with Crippen LogP contribution >= 0.6 is 11.6 Å². The summed E-state index contributed by atoms with van der Waals surface area (Å²) in [6, 6.07) is 9.47. The van der Waals surface area contributed by atoms with Crippen molar-refractivity contribution in [1.82, 2.24) is 0 Å². The second-order valence-corrected chi connectivity index (χ2v) is 4.95. The lowest BCUT2D eigenvalue weighted by Gasteiger charge is -2.18. The molecule has 2 aromatic rings. The summed E-state index contributed by atoms with van der Waals surface area (Å²) in [5.74, 6) is -0.849. The molecule has 2 N–H and O–H groups in total. The van der Waals surface area contributed by atoms with Gasteiger partial charge in [0.2, 0.25) is 0 Å². The third-order valence-electron chi connectivity index (χ3n) is 3.04. The number of halogens is 2. The number of hydrogen-bond donors (Lipinski definition) is 1. The Labute approximate surface area is 121 Å². The van der Waals surface area contributed by atoms with Crippen LogP contribution in [0.1, 0.15) is 15.9 Å². The van der Waals surface area contributed by atoms with Crippen molar-refractivity contribution in [2.75, 3.05) is 17.7 Å². The standard InChI is InChI=1S/C15H14ClFN2O/c1-9-6-13(16)12(8-14(9)17)15(20)19(2)11-5-3-4-10(18)7-11/h3-8H,18H2,1-2H3. The van der Waals surface area contributed by atoms with E-state index in [2.05, 4.69) is 0 Å². The number of nitrogens with zero attached hydrogens (tertiary/aromatic N) is 1. The zero-order valence-corrected chi connectivity index (χ0v) is 11.9. The lowest BCUT2D eigenvalue weighted by atomic mass is 10.1. The number of aryl methyl sites for hydroxylation is 1. The Hall–Kier alpha value is -2.07. The zero-order valence-electron chi connectivity index (χ0n) is 11.2.